The summed E-state index contributed by atoms with van der Waals surface area (Å²) in [6, 6.07) is 18.5. The molecule has 0 aliphatic carbocycles. The third kappa shape index (κ3) is 4.08. The summed E-state index contributed by atoms with van der Waals surface area (Å²) in [5, 5.41) is 6.98. The van der Waals surface area contributed by atoms with Crippen molar-refractivity contribution in [2.45, 2.75) is 19.0 Å². The molecule has 2 aliphatic rings. The van der Waals surface area contributed by atoms with Crippen LogP contribution in [0.1, 0.15) is 22.7 Å². The van der Waals surface area contributed by atoms with Gasteiger partial charge in [-0.1, -0.05) is 42.5 Å². The number of likely N-dealkylation sites (tertiary alicyclic amines) is 2. The van der Waals surface area contributed by atoms with Crippen LogP contribution in [0.15, 0.2) is 67.0 Å². The smallest absolute Gasteiger partial charge is 0.227 e. The van der Waals surface area contributed by atoms with Crippen molar-refractivity contribution in [1.82, 2.24) is 20.0 Å². The highest BCUT2D eigenvalue weighted by molar-refractivity contribution is 5.80. The molecule has 1 aromatic heterocycles. The molecule has 2 aromatic carbocycles. The topological polar surface area (TPSA) is 61.5 Å². The average molecular weight is 417 g/mol. The number of ether oxygens (including phenoxy) is 1. The minimum atomic E-state index is 0.124. The Morgan fingerprint density at radius 3 is 2.74 bits per heavy atom. The van der Waals surface area contributed by atoms with Gasteiger partial charge in [-0.15, -0.1) is 0 Å². The summed E-state index contributed by atoms with van der Waals surface area (Å²) < 4.78 is 5.33. The van der Waals surface area contributed by atoms with Gasteiger partial charge in [-0.25, -0.2) is 0 Å². The number of aromatic nitrogens is 2. The largest absolute Gasteiger partial charge is 0.497 e. The average Bonchev–Trinajstić information content (AvgIpc) is 3.51. The van der Waals surface area contributed by atoms with Gasteiger partial charge in [0.2, 0.25) is 5.91 Å². The molecule has 3 heterocycles. The molecule has 2 saturated heterocycles. The van der Waals surface area contributed by atoms with Gasteiger partial charge in [0.15, 0.2) is 0 Å². The summed E-state index contributed by atoms with van der Waals surface area (Å²) in [5.74, 6) is 1.92. The maximum Gasteiger partial charge on any atom is 0.227 e. The van der Waals surface area contributed by atoms with Crippen LogP contribution >= 0.6 is 0 Å². The molecular weight excluding hydrogens is 388 g/mol. The Hall–Kier alpha value is -3.12. The Morgan fingerprint density at radius 1 is 1.10 bits per heavy atom. The highest BCUT2D eigenvalue weighted by Crippen LogP contribution is 2.45. The predicted molar refractivity (Wildman–Crippen MR) is 118 cm³/mol. The third-order valence-electron chi connectivity index (χ3n) is 6.65. The van der Waals surface area contributed by atoms with E-state index >= 15 is 0 Å². The first-order chi connectivity index (χ1) is 15.2. The van der Waals surface area contributed by atoms with E-state index < -0.39 is 0 Å². The van der Waals surface area contributed by atoms with Crippen molar-refractivity contribution in [3.05, 3.63) is 83.7 Å². The van der Waals surface area contributed by atoms with Crippen LogP contribution in [-0.4, -0.2) is 52.6 Å². The molecule has 31 heavy (non-hydrogen) atoms. The van der Waals surface area contributed by atoms with E-state index in [4.69, 9.17) is 4.74 Å². The van der Waals surface area contributed by atoms with E-state index in [1.807, 2.05) is 42.7 Å². The van der Waals surface area contributed by atoms with E-state index in [1.165, 1.54) is 11.1 Å². The van der Waals surface area contributed by atoms with Crippen molar-refractivity contribution in [2.75, 3.05) is 26.7 Å². The second kappa shape index (κ2) is 8.55. The number of hydrogen-bond acceptors (Lipinski definition) is 4. The zero-order valence-electron chi connectivity index (χ0n) is 17.8. The Labute approximate surface area is 182 Å². The molecule has 0 bridgehead atoms. The van der Waals surface area contributed by atoms with Crippen molar-refractivity contribution in [2.24, 2.45) is 11.8 Å². The van der Waals surface area contributed by atoms with Crippen LogP contribution in [0.4, 0.5) is 0 Å². The second-order valence-electron chi connectivity index (χ2n) is 8.65. The lowest BCUT2D eigenvalue weighted by molar-refractivity contribution is -0.132. The van der Waals surface area contributed by atoms with E-state index in [0.717, 1.165) is 37.5 Å². The number of fused-ring (bicyclic) bond motifs is 1. The first-order valence-corrected chi connectivity index (χ1v) is 10.9. The second-order valence-corrected chi connectivity index (χ2v) is 8.65. The van der Waals surface area contributed by atoms with Gasteiger partial charge in [-0.05, 0) is 29.2 Å². The number of rotatable bonds is 6. The zero-order chi connectivity index (χ0) is 21.2. The lowest BCUT2D eigenvalue weighted by Gasteiger charge is -2.30. The molecule has 1 N–H and O–H groups in total. The van der Waals surface area contributed by atoms with Gasteiger partial charge in [-0.3, -0.25) is 14.8 Å². The van der Waals surface area contributed by atoms with E-state index in [-0.39, 0.29) is 11.9 Å². The Kier molecular flexibility index (Phi) is 5.47. The number of aromatic amines is 1. The van der Waals surface area contributed by atoms with Crippen LogP contribution in [0.25, 0.3) is 0 Å². The lowest BCUT2D eigenvalue weighted by atomic mass is 9.89. The molecule has 6 nitrogen and oxygen atoms in total. The fraction of sp³-hybridized carbons (Fsp3) is 0.360. The highest BCUT2D eigenvalue weighted by atomic mass is 16.5. The molecule has 3 aromatic rings. The third-order valence-corrected chi connectivity index (χ3v) is 6.65. The van der Waals surface area contributed by atoms with Gasteiger partial charge < -0.3 is 9.64 Å². The Balaban J connectivity index is 1.36. The standard InChI is InChI=1S/C25H28N4O2/c1-31-22-9-5-6-18(10-22)11-24(30)29-16-21-15-28(14-19-12-26-27-13-19)17-23(21)25(29)20-7-3-2-4-8-20/h2-10,12-13,21,23,25H,11,14-17H2,1H3,(H,26,27)/t21-,23-,25+/m0/s1. The van der Waals surface area contributed by atoms with Crippen molar-refractivity contribution < 1.29 is 9.53 Å². The molecule has 3 atom stereocenters. The van der Waals surface area contributed by atoms with Crippen LogP contribution in [0.3, 0.4) is 0 Å². The number of hydrogen-bond donors (Lipinski definition) is 1. The van der Waals surface area contributed by atoms with E-state index in [0.29, 0.717) is 18.3 Å². The van der Waals surface area contributed by atoms with Crippen molar-refractivity contribution in [3.8, 4) is 5.75 Å². The van der Waals surface area contributed by atoms with Gasteiger partial charge in [-0.2, -0.15) is 5.10 Å². The molecule has 0 radical (unpaired) electrons. The summed E-state index contributed by atoms with van der Waals surface area (Å²) in [6.45, 7) is 3.73. The fourth-order valence-corrected chi connectivity index (χ4v) is 5.28. The van der Waals surface area contributed by atoms with Crippen LogP contribution in [0.5, 0.6) is 5.75 Å². The molecule has 5 rings (SSSR count). The summed E-state index contributed by atoms with van der Waals surface area (Å²) in [6.07, 6.45) is 4.26. The van der Waals surface area contributed by atoms with Crippen molar-refractivity contribution >= 4 is 5.91 Å². The minimum Gasteiger partial charge on any atom is -0.497 e. The Bertz CT molecular complexity index is 1020. The molecule has 160 valence electrons. The van der Waals surface area contributed by atoms with E-state index in [9.17, 15) is 4.79 Å². The molecule has 2 aliphatic heterocycles. The summed E-state index contributed by atoms with van der Waals surface area (Å²) in [5.41, 5.74) is 3.44. The normalized spacial score (nSPS) is 23.1. The maximum absolute atomic E-state index is 13.4. The number of amides is 1. The van der Waals surface area contributed by atoms with Gasteiger partial charge >= 0.3 is 0 Å². The van der Waals surface area contributed by atoms with Crippen molar-refractivity contribution in [1.29, 1.82) is 0 Å². The summed E-state index contributed by atoms with van der Waals surface area (Å²) >= 11 is 0. The van der Waals surface area contributed by atoms with Gasteiger partial charge in [0.05, 0.1) is 25.8 Å². The maximum atomic E-state index is 13.4. The van der Waals surface area contributed by atoms with Crippen LogP contribution in [0.2, 0.25) is 0 Å². The number of methoxy groups -OCH3 is 1. The molecule has 0 saturated carbocycles. The first-order valence-electron chi connectivity index (χ1n) is 10.9. The predicted octanol–water partition coefficient (Wildman–Crippen LogP) is 3.29. The quantitative estimate of drug-likeness (QED) is 0.670. The summed E-state index contributed by atoms with van der Waals surface area (Å²) in [7, 11) is 1.66. The lowest BCUT2D eigenvalue weighted by Crippen LogP contribution is -2.36. The fourth-order valence-electron chi connectivity index (χ4n) is 5.28. The summed E-state index contributed by atoms with van der Waals surface area (Å²) in [4.78, 5) is 18.1. The van der Waals surface area contributed by atoms with E-state index in [2.05, 4.69) is 44.3 Å². The van der Waals surface area contributed by atoms with Crippen LogP contribution in [-0.2, 0) is 17.8 Å². The van der Waals surface area contributed by atoms with Crippen LogP contribution in [0, 0.1) is 11.8 Å². The van der Waals surface area contributed by atoms with Gasteiger partial charge in [0, 0.05) is 43.9 Å². The number of carbonyl (C=O) groups excluding carboxylic acids is 1. The van der Waals surface area contributed by atoms with E-state index in [1.54, 1.807) is 7.11 Å². The highest BCUT2D eigenvalue weighted by Gasteiger charge is 2.48. The number of benzene rings is 2. The number of nitrogens with zero attached hydrogens (tertiary/aromatic N) is 3. The Morgan fingerprint density at radius 2 is 1.97 bits per heavy atom. The number of nitrogens with one attached hydrogen (secondary N) is 1. The molecule has 6 heteroatoms. The minimum absolute atomic E-state index is 0.124. The SMILES string of the molecule is COc1cccc(CC(=O)N2C[C@@H]3CN(Cc4cn[nH]c4)C[C@@H]3[C@H]2c2ccccc2)c1. The van der Waals surface area contributed by atoms with Gasteiger partial charge in [0.1, 0.15) is 5.75 Å². The first kappa shape index (κ1) is 19.8. The molecule has 2 fully saturated rings. The molecule has 0 unspecified atom stereocenters. The van der Waals surface area contributed by atoms with Gasteiger partial charge in [0.25, 0.3) is 0 Å². The zero-order valence-corrected chi connectivity index (χ0v) is 17.8. The number of carbonyl (C=O) groups is 1. The van der Waals surface area contributed by atoms with Crippen molar-refractivity contribution in [3.63, 3.8) is 0 Å². The molecular formula is C25H28N4O2. The van der Waals surface area contributed by atoms with Crippen LogP contribution < -0.4 is 4.74 Å². The monoisotopic (exact) mass is 416 g/mol. The number of H-pyrrole nitrogens is 1. The molecule has 1 amide bonds. The molecule has 0 spiro atoms.